The van der Waals surface area contributed by atoms with Crippen LogP contribution in [-0.4, -0.2) is 40.9 Å². The zero-order chi connectivity index (χ0) is 15.5. The highest BCUT2D eigenvalue weighted by atomic mass is 16.2. The van der Waals surface area contributed by atoms with Crippen LogP contribution < -0.4 is 10.6 Å². The first-order chi connectivity index (χ1) is 9.94. The minimum Gasteiger partial charge on any atom is -0.352 e. The van der Waals surface area contributed by atoms with Gasteiger partial charge in [0.1, 0.15) is 12.1 Å². The van der Waals surface area contributed by atoms with Gasteiger partial charge < -0.3 is 10.6 Å². The number of nitrogens with one attached hydrogen (secondary N) is 2. The van der Waals surface area contributed by atoms with Gasteiger partial charge in [0, 0.05) is 6.04 Å². The summed E-state index contributed by atoms with van der Waals surface area (Å²) in [7, 11) is 0. The summed E-state index contributed by atoms with van der Waals surface area (Å²) in [5, 5.41) is 5.56. The average Bonchev–Trinajstić information content (AvgIpc) is 2.58. The summed E-state index contributed by atoms with van der Waals surface area (Å²) in [6.07, 6.45) is 6.63. The van der Waals surface area contributed by atoms with Crippen LogP contribution in [0.3, 0.4) is 0 Å². The van der Waals surface area contributed by atoms with Crippen LogP contribution in [0, 0.1) is 0 Å². The van der Waals surface area contributed by atoms with Crippen molar-refractivity contribution >= 4 is 17.8 Å². The van der Waals surface area contributed by atoms with Gasteiger partial charge in [-0.05, 0) is 26.7 Å². The third kappa shape index (κ3) is 3.54. The molecule has 0 radical (unpaired) electrons. The molecule has 0 atom stereocenters. The Morgan fingerprint density at radius 1 is 1.19 bits per heavy atom. The molecular weight excluding hydrogens is 270 g/mol. The highest BCUT2D eigenvalue weighted by Crippen LogP contribution is 2.31. The van der Waals surface area contributed by atoms with Crippen LogP contribution in [0.2, 0.25) is 0 Å². The highest BCUT2D eigenvalue weighted by molar-refractivity contribution is 6.09. The lowest BCUT2D eigenvalue weighted by atomic mass is 9.84. The van der Waals surface area contributed by atoms with E-state index in [1.54, 1.807) is 0 Å². The van der Waals surface area contributed by atoms with Gasteiger partial charge in [0.25, 0.3) is 5.91 Å². The molecule has 1 heterocycles. The van der Waals surface area contributed by atoms with Crippen LogP contribution in [0.25, 0.3) is 0 Å². The van der Waals surface area contributed by atoms with E-state index in [-0.39, 0.29) is 24.4 Å². The summed E-state index contributed by atoms with van der Waals surface area (Å²) >= 11 is 0. The second-order valence-corrected chi connectivity index (χ2v) is 6.39. The number of hydrogen-bond donors (Lipinski definition) is 2. The van der Waals surface area contributed by atoms with Crippen LogP contribution in [0.1, 0.15) is 58.8 Å². The third-order valence-electron chi connectivity index (χ3n) is 4.20. The second kappa shape index (κ2) is 6.45. The van der Waals surface area contributed by atoms with E-state index < -0.39 is 11.6 Å². The summed E-state index contributed by atoms with van der Waals surface area (Å²) in [5.74, 6) is -0.523. The van der Waals surface area contributed by atoms with Crippen LogP contribution in [0.15, 0.2) is 0 Å². The number of rotatable bonds is 3. The van der Waals surface area contributed by atoms with Crippen LogP contribution in [-0.2, 0) is 9.59 Å². The Morgan fingerprint density at radius 3 is 2.33 bits per heavy atom. The molecule has 6 nitrogen and oxygen atoms in total. The molecule has 0 unspecified atom stereocenters. The SMILES string of the molecule is CC(C)NC(=O)CN1C(=O)NC2(CCCCCCC2)C1=O. The number of imide groups is 1. The van der Waals surface area contributed by atoms with E-state index in [2.05, 4.69) is 10.6 Å². The lowest BCUT2D eigenvalue weighted by Crippen LogP contribution is -2.48. The predicted molar refractivity (Wildman–Crippen MR) is 78.6 cm³/mol. The van der Waals surface area contributed by atoms with E-state index in [0.717, 1.165) is 30.6 Å². The smallest absolute Gasteiger partial charge is 0.325 e. The molecular formula is C15H25N3O3. The minimum atomic E-state index is -0.768. The standard InChI is InChI=1S/C15H25N3O3/c1-11(2)16-12(19)10-18-13(20)15(17-14(18)21)8-6-4-3-5-7-9-15/h11H,3-10H2,1-2H3,(H,16,19)(H,17,21). The fourth-order valence-corrected chi connectivity index (χ4v) is 3.18. The monoisotopic (exact) mass is 295 g/mol. The molecule has 2 fully saturated rings. The Morgan fingerprint density at radius 2 is 1.76 bits per heavy atom. The van der Waals surface area contributed by atoms with Crippen molar-refractivity contribution < 1.29 is 14.4 Å². The first-order valence-corrected chi connectivity index (χ1v) is 7.88. The Kier molecular flexibility index (Phi) is 4.85. The molecule has 1 spiro atoms. The van der Waals surface area contributed by atoms with E-state index in [9.17, 15) is 14.4 Å². The van der Waals surface area contributed by atoms with Gasteiger partial charge >= 0.3 is 6.03 Å². The van der Waals surface area contributed by atoms with Gasteiger partial charge in [-0.15, -0.1) is 0 Å². The molecule has 1 aliphatic carbocycles. The van der Waals surface area contributed by atoms with Crippen LogP contribution in [0.4, 0.5) is 4.79 Å². The fraction of sp³-hybridized carbons (Fsp3) is 0.800. The Hall–Kier alpha value is -1.59. The van der Waals surface area contributed by atoms with Crippen LogP contribution >= 0.6 is 0 Å². The van der Waals surface area contributed by atoms with Gasteiger partial charge in [-0.1, -0.05) is 32.1 Å². The molecule has 1 aliphatic heterocycles. The summed E-state index contributed by atoms with van der Waals surface area (Å²) in [4.78, 5) is 37.6. The first-order valence-electron chi connectivity index (χ1n) is 7.88. The van der Waals surface area contributed by atoms with Gasteiger partial charge in [0.05, 0.1) is 0 Å². The molecule has 118 valence electrons. The lowest BCUT2D eigenvalue weighted by Gasteiger charge is -2.28. The van der Waals surface area contributed by atoms with E-state index in [0.29, 0.717) is 12.8 Å². The molecule has 21 heavy (non-hydrogen) atoms. The van der Waals surface area contributed by atoms with Crippen LogP contribution in [0.5, 0.6) is 0 Å². The van der Waals surface area contributed by atoms with Crippen molar-refractivity contribution in [3.63, 3.8) is 0 Å². The average molecular weight is 295 g/mol. The van der Waals surface area contributed by atoms with E-state index in [4.69, 9.17) is 0 Å². The second-order valence-electron chi connectivity index (χ2n) is 6.39. The van der Waals surface area contributed by atoms with Gasteiger partial charge in [-0.25, -0.2) is 4.79 Å². The molecule has 2 aliphatic rings. The number of carbonyl (C=O) groups is 3. The van der Waals surface area contributed by atoms with Crippen molar-refractivity contribution in [3.8, 4) is 0 Å². The number of urea groups is 1. The van der Waals surface area contributed by atoms with Crippen molar-refractivity contribution in [1.29, 1.82) is 0 Å². The zero-order valence-corrected chi connectivity index (χ0v) is 12.9. The fourth-order valence-electron chi connectivity index (χ4n) is 3.18. The third-order valence-corrected chi connectivity index (χ3v) is 4.20. The molecule has 0 aromatic rings. The molecule has 0 aromatic heterocycles. The van der Waals surface area contributed by atoms with Crippen molar-refractivity contribution in [3.05, 3.63) is 0 Å². The van der Waals surface area contributed by atoms with Crippen molar-refractivity contribution in [2.24, 2.45) is 0 Å². The van der Waals surface area contributed by atoms with E-state index in [1.165, 1.54) is 6.42 Å². The maximum atomic E-state index is 12.6. The van der Waals surface area contributed by atoms with Gasteiger partial charge in [0.15, 0.2) is 0 Å². The molecule has 1 saturated heterocycles. The molecule has 2 rings (SSSR count). The van der Waals surface area contributed by atoms with Crippen molar-refractivity contribution in [2.45, 2.75) is 70.4 Å². The van der Waals surface area contributed by atoms with Gasteiger partial charge in [-0.2, -0.15) is 0 Å². The van der Waals surface area contributed by atoms with Gasteiger partial charge in [-0.3, -0.25) is 14.5 Å². The Bertz CT molecular complexity index is 426. The molecule has 6 heteroatoms. The van der Waals surface area contributed by atoms with Crippen molar-refractivity contribution in [1.82, 2.24) is 15.5 Å². The number of amides is 4. The minimum absolute atomic E-state index is 0.00591. The Balaban J connectivity index is 2.06. The molecule has 1 saturated carbocycles. The summed E-state index contributed by atoms with van der Waals surface area (Å²) in [6.45, 7) is 3.50. The molecule has 0 bridgehead atoms. The van der Waals surface area contributed by atoms with Crippen molar-refractivity contribution in [2.75, 3.05) is 6.54 Å². The maximum Gasteiger partial charge on any atom is 0.325 e. The summed E-state index contributed by atoms with van der Waals surface area (Å²) in [5.41, 5.74) is -0.768. The maximum absolute atomic E-state index is 12.6. The molecule has 2 N–H and O–H groups in total. The normalized spacial score (nSPS) is 22.1. The predicted octanol–water partition coefficient (Wildman–Crippen LogP) is 1.55. The lowest BCUT2D eigenvalue weighted by molar-refractivity contribution is -0.135. The van der Waals surface area contributed by atoms with Gasteiger partial charge in [0.2, 0.25) is 5.91 Å². The number of hydrogen-bond acceptors (Lipinski definition) is 3. The number of nitrogens with zero attached hydrogens (tertiary/aromatic N) is 1. The zero-order valence-electron chi connectivity index (χ0n) is 12.9. The van der Waals surface area contributed by atoms with E-state index in [1.807, 2.05) is 13.8 Å². The number of carbonyl (C=O) groups excluding carboxylic acids is 3. The quantitative estimate of drug-likeness (QED) is 0.775. The van der Waals surface area contributed by atoms with E-state index >= 15 is 0 Å². The molecule has 4 amide bonds. The summed E-state index contributed by atoms with van der Waals surface area (Å²) < 4.78 is 0. The highest BCUT2D eigenvalue weighted by Gasteiger charge is 2.50. The largest absolute Gasteiger partial charge is 0.352 e. The molecule has 0 aromatic carbocycles. The first kappa shape index (κ1) is 15.8. The summed E-state index contributed by atoms with van der Waals surface area (Å²) in [6, 6.07) is -0.437. The topological polar surface area (TPSA) is 78.5 Å². The Labute approximate surface area is 125 Å².